The first-order valence-electron chi connectivity index (χ1n) is 8.28. The molecule has 0 radical (unpaired) electrons. The van der Waals surface area contributed by atoms with Gasteiger partial charge in [0.15, 0.2) is 0 Å². The molecule has 0 saturated carbocycles. The van der Waals surface area contributed by atoms with Crippen molar-refractivity contribution in [1.29, 1.82) is 0 Å². The Morgan fingerprint density at radius 1 is 1.00 bits per heavy atom. The van der Waals surface area contributed by atoms with E-state index in [1.807, 2.05) is 12.1 Å². The average Bonchev–Trinajstić information content (AvgIpc) is 2.54. The predicted molar refractivity (Wildman–Crippen MR) is 96.8 cm³/mol. The minimum absolute atomic E-state index is 0.329. The van der Waals surface area contributed by atoms with E-state index >= 15 is 0 Å². The number of likely N-dealkylation sites (N-methyl/N-ethyl adjacent to an activating group) is 1. The molecule has 2 rings (SSSR count). The van der Waals surface area contributed by atoms with E-state index in [2.05, 4.69) is 61.6 Å². The second-order valence-electron chi connectivity index (χ2n) is 6.50. The zero-order valence-electron chi connectivity index (χ0n) is 14.4. The fraction of sp³-hybridized carbons (Fsp3) is 0.400. The van der Waals surface area contributed by atoms with Crippen LogP contribution in [0.15, 0.2) is 54.6 Å². The molecule has 0 aliphatic carbocycles. The Morgan fingerprint density at radius 2 is 1.65 bits per heavy atom. The van der Waals surface area contributed by atoms with Gasteiger partial charge in [-0.05, 0) is 57.1 Å². The average molecular weight is 312 g/mol. The molecule has 2 N–H and O–H groups in total. The highest BCUT2D eigenvalue weighted by Gasteiger charge is 2.15. The second-order valence-corrected chi connectivity index (χ2v) is 6.50. The third kappa shape index (κ3) is 6.05. The fourth-order valence-corrected chi connectivity index (χ4v) is 2.78. The third-order valence-corrected chi connectivity index (χ3v) is 4.04. The van der Waals surface area contributed by atoms with Crippen molar-refractivity contribution in [2.24, 2.45) is 0 Å². The van der Waals surface area contributed by atoms with Crippen LogP contribution in [0.5, 0.6) is 5.75 Å². The van der Waals surface area contributed by atoms with Gasteiger partial charge in [0.2, 0.25) is 0 Å². The van der Waals surface area contributed by atoms with Crippen molar-refractivity contribution in [3.8, 4) is 5.75 Å². The Hall–Kier alpha value is -1.84. The van der Waals surface area contributed by atoms with E-state index in [9.17, 15) is 5.11 Å². The molecule has 2 aromatic carbocycles. The van der Waals surface area contributed by atoms with Crippen molar-refractivity contribution in [1.82, 2.24) is 10.2 Å². The van der Waals surface area contributed by atoms with Crippen LogP contribution in [0.3, 0.4) is 0 Å². The van der Waals surface area contributed by atoms with E-state index < -0.39 is 0 Å². The molecule has 0 fully saturated rings. The lowest BCUT2D eigenvalue weighted by molar-refractivity contribution is 0.319. The lowest BCUT2D eigenvalue weighted by Crippen LogP contribution is -2.36. The van der Waals surface area contributed by atoms with Crippen LogP contribution in [0.25, 0.3) is 0 Å². The number of hydrogen-bond donors (Lipinski definition) is 2. The quantitative estimate of drug-likeness (QED) is 0.782. The fourth-order valence-electron chi connectivity index (χ4n) is 2.78. The summed E-state index contributed by atoms with van der Waals surface area (Å²) in [6.45, 7) is 3.22. The summed E-state index contributed by atoms with van der Waals surface area (Å²) in [5, 5.41) is 13.1. The first-order valence-corrected chi connectivity index (χ1v) is 8.28. The van der Waals surface area contributed by atoms with Gasteiger partial charge in [-0.25, -0.2) is 0 Å². The Balaban J connectivity index is 1.91. The van der Waals surface area contributed by atoms with Crippen LogP contribution in [-0.2, 0) is 6.42 Å². The lowest BCUT2D eigenvalue weighted by atomic mass is 10.0. The van der Waals surface area contributed by atoms with Crippen LogP contribution >= 0.6 is 0 Å². The SMILES string of the molecule is CC(CCc1ccc(O)cc1)NC(CN(C)C)c1ccccc1. The number of hydrogen-bond acceptors (Lipinski definition) is 3. The molecule has 0 amide bonds. The van der Waals surface area contributed by atoms with Gasteiger partial charge >= 0.3 is 0 Å². The lowest BCUT2D eigenvalue weighted by Gasteiger charge is -2.26. The highest BCUT2D eigenvalue weighted by atomic mass is 16.3. The molecule has 0 aliphatic heterocycles. The number of aromatic hydroxyl groups is 1. The molecule has 0 heterocycles. The summed E-state index contributed by atoms with van der Waals surface area (Å²) in [4.78, 5) is 2.22. The number of aryl methyl sites for hydroxylation is 1. The molecule has 0 aliphatic rings. The van der Waals surface area contributed by atoms with Crippen molar-refractivity contribution < 1.29 is 5.11 Å². The first kappa shape index (κ1) is 17.5. The van der Waals surface area contributed by atoms with E-state index in [0.29, 0.717) is 17.8 Å². The Morgan fingerprint density at radius 3 is 2.26 bits per heavy atom. The van der Waals surface area contributed by atoms with Gasteiger partial charge in [-0.15, -0.1) is 0 Å². The monoisotopic (exact) mass is 312 g/mol. The molecule has 3 heteroatoms. The predicted octanol–water partition coefficient (Wildman–Crippen LogP) is 3.61. The van der Waals surface area contributed by atoms with Gasteiger partial charge in [-0.3, -0.25) is 0 Å². The Kier molecular flexibility index (Phi) is 6.63. The number of nitrogens with zero attached hydrogens (tertiary/aromatic N) is 1. The van der Waals surface area contributed by atoms with Crippen LogP contribution in [0.4, 0.5) is 0 Å². The van der Waals surface area contributed by atoms with E-state index in [-0.39, 0.29) is 0 Å². The van der Waals surface area contributed by atoms with Gasteiger partial charge in [0.1, 0.15) is 5.75 Å². The molecule has 2 unspecified atom stereocenters. The highest BCUT2D eigenvalue weighted by Crippen LogP contribution is 2.16. The number of rotatable bonds is 8. The van der Waals surface area contributed by atoms with Gasteiger partial charge in [-0.2, -0.15) is 0 Å². The molecule has 2 aromatic rings. The number of benzene rings is 2. The molecule has 2 atom stereocenters. The number of phenols is 1. The van der Waals surface area contributed by atoms with Crippen LogP contribution in [0.2, 0.25) is 0 Å². The zero-order chi connectivity index (χ0) is 16.7. The summed E-state index contributed by atoms with van der Waals surface area (Å²) in [7, 11) is 4.22. The first-order chi connectivity index (χ1) is 11.0. The molecular formula is C20H28N2O. The molecule has 3 nitrogen and oxygen atoms in total. The van der Waals surface area contributed by atoms with Crippen LogP contribution < -0.4 is 5.32 Å². The number of phenolic OH excluding ortho intramolecular Hbond substituents is 1. The summed E-state index contributed by atoms with van der Waals surface area (Å²) in [5.74, 6) is 0.329. The van der Waals surface area contributed by atoms with Crippen LogP contribution in [0, 0.1) is 0 Å². The smallest absolute Gasteiger partial charge is 0.115 e. The van der Waals surface area contributed by atoms with E-state index in [1.54, 1.807) is 12.1 Å². The molecule has 0 bridgehead atoms. The summed E-state index contributed by atoms with van der Waals surface area (Å²) in [6, 6.07) is 18.9. The Bertz CT molecular complexity index is 566. The van der Waals surface area contributed by atoms with Gasteiger partial charge < -0.3 is 15.3 Å². The maximum absolute atomic E-state index is 9.35. The van der Waals surface area contributed by atoms with Crippen molar-refractivity contribution in [2.45, 2.75) is 31.8 Å². The summed E-state index contributed by atoms with van der Waals surface area (Å²) < 4.78 is 0. The van der Waals surface area contributed by atoms with Crippen molar-refractivity contribution >= 4 is 0 Å². The highest BCUT2D eigenvalue weighted by molar-refractivity contribution is 5.26. The molecule has 0 aromatic heterocycles. The minimum atomic E-state index is 0.329. The second kappa shape index (κ2) is 8.70. The molecule has 124 valence electrons. The third-order valence-electron chi connectivity index (χ3n) is 4.04. The molecule has 23 heavy (non-hydrogen) atoms. The van der Waals surface area contributed by atoms with Crippen LogP contribution in [-0.4, -0.2) is 36.7 Å². The summed E-state index contributed by atoms with van der Waals surface area (Å²) >= 11 is 0. The Labute approximate surface area is 140 Å². The van der Waals surface area contributed by atoms with Crippen molar-refractivity contribution in [3.05, 3.63) is 65.7 Å². The molecule has 0 spiro atoms. The number of nitrogens with one attached hydrogen (secondary N) is 1. The van der Waals surface area contributed by atoms with E-state index in [0.717, 1.165) is 19.4 Å². The van der Waals surface area contributed by atoms with Gasteiger partial charge in [0.25, 0.3) is 0 Å². The molecule has 0 saturated heterocycles. The van der Waals surface area contributed by atoms with Crippen molar-refractivity contribution in [3.63, 3.8) is 0 Å². The van der Waals surface area contributed by atoms with Gasteiger partial charge in [0, 0.05) is 18.6 Å². The van der Waals surface area contributed by atoms with Crippen LogP contribution in [0.1, 0.15) is 30.5 Å². The van der Waals surface area contributed by atoms with Gasteiger partial charge in [0.05, 0.1) is 0 Å². The molecular weight excluding hydrogens is 284 g/mol. The standard InChI is InChI=1S/C20H28N2O/c1-16(9-10-17-11-13-19(23)14-12-17)21-20(15-22(2)3)18-7-5-4-6-8-18/h4-8,11-14,16,20-21,23H,9-10,15H2,1-3H3. The summed E-state index contributed by atoms with van der Waals surface area (Å²) in [6.07, 6.45) is 2.08. The van der Waals surface area contributed by atoms with E-state index in [4.69, 9.17) is 0 Å². The minimum Gasteiger partial charge on any atom is -0.508 e. The normalized spacial score (nSPS) is 13.9. The maximum Gasteiger partial charge on any atom is 0.115 e. The largest absolute Gasteiger partial charge is 0.508 e. The van der Waals surface area contributed by atoms with E-state index in [1.165, 1.54) is 11.1 Å². The maximum atomic E-state index is 9.35. The zero-order valence-corrected chi connectivity index (χ0v) is 14.4. The van der Waals surface area contributed by atoms with Gasteiger partial charge in [-0.1, -0.05) is 42.5 Å². The van der Waals surface area contributed by atoms with Crippen molar-refractivity contribution in [2.75, 3.05) is 20.6 Å². The summed E-state index contributed by atoms with van der Waals surface area (Å²) in [5.41, 5.74) is 2.60. The topological polar surface area (TPSA) is 35.5 Å².